The van der Waals surface area contributed by atoms with Crippen LogP contribution in [0, 0.1) is 11.7 Å². The van der Waals surface area contributed by atoms with Gasteiger partial charge in [0.15, 0.2) is 0 Å². The summed E-state index contributed by atoms with van der Waals surface area (Å²) in [4.78, 5) is 0. The van der Waals surface area contributed by atoms with Gasteiger partial charge in [0.2, 0.25) is 0 Å². The third-order valence-corrected chi connectivity index (χ3v) is 2.73. The molecule has 0 saturated carbocycles. The van der Waals surface area contributed by atoms with Crippen LogP contribution >= 0.6 is 0 Å². The summed E-state index contributed by atoms with van der Waals surface area (Å²) in [6.07, 6.45) is 1.50. The second-order valence-corrected chi connectivity index (χ2v) is 4.56. The Kier molecular flexibility index (Phi) is 5.42. The monoisotopic (exact) mass is 240 g/mol. The lowest BCUT2D eigenvalue weighted by atomic mass is 10.1. The van der Waals surface area contributed by atoms with E-state index >= 15 is 0 Å². The number of ether oxygens (including phenoxy) is 1. The van der Waals surface area contributed by atoms with E-state index in [1.165, 1.54) is 12.1 Å². The van der Waals surface area contributed by atoms with Crippen molar-refractivity contribution in [3.8, 4) is 5.75 Å². The zero-order valence-electron chi connectivity index (χ0n) is 10.7. The van der Waals surface area contributed by atoms with Crippen LogP contribution in [0.25, 0.3) is 0 Å². The first-order chi connectivity index (χ1) is 8.04. The Morgan fingerprint density at radius 1 is 1.35 bits per heavy atom. The molecule has 0 amide bonds. The summed E-state index contributed by atoms with van der Waals surface area (Å²) in [6, 6.07) is 4.26. The Hall–Kier alpha value is -1.09. The maximum atomic E-state index is 13.1. The fourth-order valence-corrected chi connectivity index (χ4v) is 1.79. The van der Waals surface area contributed by atoms with E-state index in [4.69, 9.17) is 4.74 Å². The van der Waals surface area contributed by atoms with Gasteiger partial charge in [0.25, 0.3) is 0 Å². The summed E-state index contributed by atoms with van der Waals surface area (Å²) in [6.45, 7) is 6.46. The van der Waals surface area contributed by atoms with Crippen LogP contribution in [-0.2, 0) is 0 Å². The van der Waals surface area contributed by atoms with Crippen LogP contribution in [0.15, 0.2) is 18.2 Å². The highest BCUT2D eigenvalue weighted by Crippen LogP contribution is 2.26. The number of hydrogen-bond donors (Lipinski definition) is 1. The molecule has 0 aliphatic heterocycles. The quantitative estimate of drug-likeness (QED) is 0.821. The molecule has 0 bridgehead atoms. The molecule has 96 valence electrons. The highest BCUT2D eigenvalue weighted by Gasteiger charge is 2.11. The van der Waals surface area contributed by atoms with Crippen LogP contribution in [0.5, 0.6) is 5.75 Å². The zero-order chi connectivity index (χ0) is 12.8. The number of halogens is 1. The average Bonchev–Trinajstić information content (AvgIpc) is 2.27. The lowest BCUT2D eigenvalue weighted by Crippen LogP contribution is -2.10. The molecule has 0 fully saturated rings. The Balaban J connectivity index is 2.70. The van der Waals surface area contributed by atoms with Crippen LogP contribution < -0.4 is 4.74 Å². The Labute approximate surface area is 102 Å². The van der Waals surface area contributed by atoms with E-state index in [1.54, 1.807) is 13.0 Å². The summed E-state index contributed by atoms with van der Waals surface area (Å²) < 4.78 is 18.7. The summed E-state index contributed by atoms with van der Waals surface area (Å²) in [5.74, 6) is 0.686. The fourth-order valence-electron chi connectivity index (χ4n) is 1.79. The Morgan fingerprint density at radius 2 is 2.06 bits per heavy atom. The largest absolute Gasteiger partial charge is 0.493 e. The summed E-state index contributed by atoms with van der Waals surface area (Å²) in [5.41, 5.74) is 0.508. The van der Waals surface area contributed by atoms with Gasteiger partial charge in [-0.15, -0.1) is 0 Å². The van der Waals surface area contributed by atoms with Crippen molar-refractivity contribution in [2.75, 3.05) is 6.61 Å². The molecule has 2 unspecified atom stereocenters. The van der Waals surface area contributed by atoms with Crippen LogP contribution in [0.1, 0.15) is 45.3 Å². The van der Waals surface area contributed by atoms with Crippen LogP contribution in [-0.4, -0.2) is 11.7 Å². The van der Waals surface area contributed by atoms with Crippen molar-refractivity contribution < 1.29 is 14.2 Å². The smallest absolute Gasteiger partial charge is 0.125 e. The summed E-state index contributed by atoms with van der Waals surface area (Å²) >= 11 is 0. The van der Waals surface area contributed by atoms with Crippen LogP contribution in [0.4, 0.5) is 4.39 Å². The van der Waals surface area contributed by atoms with E-state index in [0.29, 0.717) is 23.8 Å². The van der Waals surface area contributed by atoms with Crippen molar-refractivity contribution in [2.45, 2.75) is 39.7 Å². The average molecular weight is 240 g/mol. The van der Waals surface area contributed by atoms with Gasteiger partial charge in [0, 0.05) is 5.56 Å². The first kappa shape index (κ1) is 14.0. The molecule has 3 heteroatoms. The van der Waals surface area contributed by atoms with Gasteiger partial charge >= 0.3 is 0 Å². The van der Waals surface area contributed by atoms with E-state index in [0.717, 1.165) is 12.8 Å². The molecule has 17 heavy (non-hydrogen) atoms. The van der Waals surface area contributed by atoms with Crippen molar-refractivity contribution in [3.05, 3.63) is 29.6 Å². The second kappa shape index (κ2) is 6.60. The number of rotatable bonds is 6. The fraction of sp³-hybridized carbons (Fsp3) is 0.571. The van der Waals surface area contributed by atoms with Gasteiger partial charge in [-0.05, 0) is 37.5 Å². The van der Waals surface area contributed by atoms with Crippen molar-refractivity contribution in [2.24, 2.45) is 5.92 Å². The van der Waals surface area contributed by atoms with Crippen molar-refractivity contribution >= 4 is 0 Å². The van der Waals surface area contributed by atoms with E-state index in [2.05, 4.69) is 13.8 Å². The molecule has 1 rings (SSSR count). The standard InChI is InChI=1S/C14H21FO2/c1-4-5-10(2)9-17-14-7-6-12(15)8-13(14)11(3)16/h6-8,10-11,16H,4-5,9H2,1-3H3. The van der Waals surface area contributed by atoms with Gasteiger partial charge in [-0.25, -0.2) is 4.39 Å². The molecule has 2 nitrogen and oxygen atoms in total. The van der Waals surface area contributed by atoms with Crippen molar-refractivity contribution in [1.82, 2.24) is 0 Å². The normalized spacial score (nSPS) is 14.4. The van der Waals surface area contributed by atoms with E-state index in [1.807, 2.05) is 0 Å². The Morgan fingerprint density at radius 3 is 2.65 bits per heavy atom. The maximum absolute atomic E-state index is 13.1. The lowest BCUT2D eigenvalue weighted by molar-refractivity contribution is 0.185. The maximum Gasteiger partial charge on any atom is 0.125 e. The number of aliphatic hydroxyl groups is 1. The SMILES string of the molecule is CCCC(C)COc1ccc(F)cc1C(C)O. The number of aliphatic hydroxyl groups excluding tert-OH is 1. The molecule has 1 aromatic carbocycles. The predicted molar refractivity (Wildman–Crippen MR) is 66.6 cm³/mol. The molecule has 0 aliphatic carbocycles. The van der Waals surface area contributed by atoms with Crippen molar-refractivity contribution in [1.29, 1.82) is 0 Å². The van der Waals surface area contributed by atoms with Crippen LogP contribution in [0.2, 0.25) is 0 Å². The van der Waals surface area contributed by atoms with E-state index < -0.39 is 6.10 Å². The molecule has 1 aromatic rings. The highest BCUT2D eigenvalue weighted by molar-refractivity contribution is 5.35. The number of benzene rings is 1. The summed E-state index contributed by atoms with van der Waals surface area (Å²) in [7, 11) is 0. The van der Waals surface area contributed by atoms with E-state index in [-0.39, 0.29) is 5.82 Å². The molecular formula is C14H21FO2. The first-order valence-electron chi connectivity index (χ1n) is 6.14. The van der Waals surface area contributed by atoms with Crippen molar-refractivity contribution in [3.63, 3.8) is 0 Å². The van der Waals surface area contributed by atoms with Gasteiger partial charge in [0.05, 0.1) is 12.7 Å². The third kappa shape index (κ3) is 4.35. The zero-order valence-corrected chi connectivity index (χ0v) is 10.7. The first-order valence-corrected chi connectivity index (χ1v) is 6.14. The third-order valence-electron chi connectivity index (χ3n) is 2.73. The van der Waals surface area contributed by atoms with E-state index in [9.17, 15) is 9.50 Å². The lowest BCUT2D eigenvalue weighted by Gasteiger charge is -2.16. The molecule has 0 aromatic heterocycles. The highest BCUT2D eigenvalue weighted by atomic mass is 19.1. The molecule has 1 N–H and O–H groups in total. The summed E-state index contributed by atoms with van der Waals surface area (Å²) in [5, 5.41) is 9.55. The molecule has 0 spiro atoms. The van der Waals surface area contributed by atoms with Crippen LogP contribution in [0.3, 0.4) is 0 Å². The molecule has 2 atom stereocenters. The number of hydrogen-bond acceptors (Lipinski definition) is 2. The molecule has 0 saturated heterocycles. The minimum atomic E-state index is -0.720. The predicted octanol–water partition coefficient (Wildman–Crippen LogP) is 3.69. The second-order valence-electron chi connectivity index (χ2n) is 4.56. The van der Waals surface area contributed by atoms with Gasteiger partial charge < -0.3 is 9.84 Å². The molecular weight excluding hydrogens is 219 g/mol. The topological polar surface area (TPSA) is 29.5 Å². The van der Waals surface area contributed by atoms with Gasteiger partial charge in [-0.1, -0.05) is 20.3 Å². The molecule has 0 radical (unpaired) electrons. The minimum Gasteiger partial charge on any atom is -0.493 e. The van der Waals surface area contributed by atoms with Gasteiger partial charge in [0.1, 0.15) is 11.6 Å². The molecule has 0 heterocycles. The Bertz CT molecular complexity index is 350. The molecule has 0 aliphatic rings. The van der Waals surface area contributed by atoms with Gasteiger partial charge in [-0.2, -0.15) is 0 Å². The minimum absolute atomic E-state index is 0.352. The van der Waals surface area contributed by atoms with Gasteiger partial charge in [-0.3, -0.25) is 0 Å².